The van der Waals surface area contributed by atoms with Gasteiger partial charge >= 0.3 is 0 Å². The predicted molar refractivity (Wildman–Crippen MR) is 130 cm³/mol. The third kappa shape index (κ3) is 4.62. The van der Waals surface area contributed by atoms with Gasteiger partial charge < -0.3 is 15.4 Å². The average Bonchev–Trinajstić information content (AvgIpc) is 2.82. The van der Waals surface area contributed by atoms with Crippen LogP contribution < -0.4 is 20.9 Å². The van der Waals surface area contributed by atoms with Gasteiger partial charge in [-0.25, -0.2) is 9.97 Å². The van der Waals surface area contributed by atoms with E-state index < -0.39 is 0 Å². The van der Waals surface area contributed by atoms with E-state index in [0.717, 1.165) is 13.0 Å². The highest BCUT2D eigenvalue weighted by atomic mass is 16.5. The largest absolute Gasteiger partial charge is 0.455 e. The molecule has 3 aromatic heterocycles. The highest BCUT2D eigenvalue weighted by Crippen LogP contribution is 2.27. The Bertz CT molecular complexity index is 1280. The summed E-state index contributed by atoms with van der Waals surface area (Å²) in [5, 5.41) is 0. The zero-order valence-corrected chi connectivity index (χ0v) is 19.0. The van der Waals surface area contributed by atoms with Crippen LogP contribution in [0.2, 0.25) is 0 Å². The molecular weight excluding hydrogens is 418 g/mol. The molecule has 0 aromatic carbocycles. The molecule has 0 atom stereocenters. The zero-order chi connectivity index (χ0) is 23.4. The fourth-order valence-electron chi connectivity index (χ4n) is 3.68. The molecular formula is C24H27N7O2. The van der Waals surface area contributed by atoms with Crippen molar-refractivity contribution in [3.8, 4) is 22.8 Å². The molecule has 0 radical (unpaired) electrons. The molecule has 9 heteroatoms. The number of nitrogens with zero attached hydrogens (tertiary/aromatic N) is 6. The van der Waals surface area contributed by atoms with Crippen molar-refractivity contribution in [1.29, 1.82) is 0 Å². The summed E-state index contributed by atoms with van der Waals surface area (Å²) in [6.45, 7) is 6.00. The predicted octanol–water partition coefficient (Wildman–Crippen LogP) is 3.03. The minimum atomic E-state index is -0.0826. The van der Waals surface area contributed by atoms with E-state index in [-0.39, 0.29) is 5.56 Å². The Labute approximate surface area is 192 Å². The van der Waals surface area contributed by atoms with E-state index >= 15 is 0 Å². The van der Waals surface area contributed by atoms with Crippen molar-refractivity contribution in [2.75, 3.05) is 25.0 Å². The van der Waals surface area contributed by atoms with Crippen molar-refractivity contribution in [3.05, 3.63) is 64.6 Å². The highest BCUT2D eigenvalue weighted by molar-refractivity contribution is 6.08. The van der Waals surface area contributed by atoms with Gasteiger partial charge in [0.2, 0.25) is 5.95 Å². The molecule has 1 aliphatic heterocycles. The average molecular weight is 446 g/mol. The van der Waals surface area contributed by atoms with Crippen LogP contribution in [0.4, 0.5) is 5.95 Å². The van der Waals surface area contributed by atoms with Crippen molar-refractivity contribution in [2.45, 2.75) is 26.8 Å². The van der Waals surface area contributed by atoms with E-state index in [1.165, 1.54) is 6.20 Å². The first-order valence-electron chi connectivity index (χ1n) is 10.9. The molecule has 0 aliphatic carbocycles. The Hall–Kier alpha value is -4.01. The Morgan fingerprint density at radius 1 is 1.27 bits per heavy atom. The minimum Gasteiger partial charge on any atom is -0.455 e. The number of ether oxygens (including phenoxy) is 1. The summed E-state index contributed by atoms with van der Waals surface area (Å²) in [5.41, 5.74) is 8.72. The van der Waals surface area contributed by atoms with Crippen LogP contribution in [0.15, 0.2) is 52.6 Å². The topological polar surface area (TPSA) is 112 Å². The van der Waals surface area contributed by atoms with Crippen molar-refractivity contribution in [1.82, 2.24) is 19.5 Å². The second-order valence-corrected chi connectivity index (χ2v) is 7.71. The lowest BCUT2D eigenvalue weighted by Crippen LogP contribution is -2.36. The van der Waals surface area contributed by atoms with Crippen LogP contribution in [0, 0.1) is 6.92 Å². The number of fused-ring (bicyclic) bond motifs is 1. The Kier molecular flexibility index (Phi) is 6.48. The maximum absolute atomic E-state index is 13.0. The highest BCUT2D eigenvalue weighted by Gasteiger charge is 2.19. The number of hydrogen-bond acceptors (Lipinski definition) is 8. The van der Waals surface area contributed by atoms with E-state index in [4.69, 9.17) is 10.5 Å². The number of anilines is 1. The number of allylic oxidation sites excluding steroid dienone is 1. The molecule has 4 rings (SSSR count). The van der Waals surface area contributed by atoms with Gasteiger partial charge in [0, 0.05) is 63.1 Å². The minimum absolute atomic E-state index is 0.0826. The number of hydrogen-bond donors (Lipinski definition) is 1. The zero-order valence-electron chi connectivity index (χ0n) is 19.0. The molecule has 3 aromatic rings. The molecule has 0 saturated carbocycles. The van der Waals surface area contributed by atoms with Gasteiger partial charge in [0.25, 0.3) is 5.56 Å². The molecule has 170 valence electrons. The van der Waals surface area contributed by atoms with Gasteiger partial charge in [-0.1, -0.05) is 0 Å². The third-order valence-electron chi connectivity index (χ3n) is 5.40. The third-order valence-corrected chi connectivity index (χ3v) is 5.40. The van der Waals surface area contributed by atoms with Crippen molar-refractivity contribution >= 4 is 17.7 Å². The first-order valence-corrected chi connectivity index (χ1v) is 10.9. The van der Waals surface area contributed by atoms with Crippen LogP contribution in [0.3, 0.4) is 0 Å². The second-order valence-electron chi connectivity index (χ2n) is 7.71. The van der Waals surface area contributed by atoms with Crippen LogP contribution >= 0.6 is 0 Å². The molecule has 9 nitrogen and oxygen atoms in total. The van der Waals surface area contributed by atoms with E-state index in [1.54, 1.807) is 41.4 Å². The molecule has 4 heterocycles. The van der Waals surface area contributed by atoms with Crippen LogP contribution in [-0.4, -0.2) is 45.9 Å². The molecule has 1 aliphatic rings. The molecule has 0 spiro atoms. The summed E-state index contributed by atoms with van der Waals surface area (Å²) in [6.07, 6.45) is 7.33. The first kappa shape index (κ1) is 22.2. The molecule has 0 saturated heterocycles. The lowest BCUT2D eigenvalue weighted by atomic mass is 10.2. The van der Waals surface area contributed by atoms with Crippen molar-refractivity contribution in [2.24, 2.45) is 10.7 Å². The second kappa shape index (κ2) is 9.64. The molecule has 33 heavy (non-hydrogen) atoms. The Morgan fingerprint density at radius 3 is 2.88 bits per heavy atom. The number of rotatable bonds is 6. The van der Waals surface area contributed by atoms with Crippen LogP contribution in [0.25, 0.3) is 16.8 Å². The summed E-state index contributed by atoms with van der Waals surface area (Å²) in [4.78, 5) is 32.7. The Balaban J connectivity index is 1.60. The van der Waals surface area contributed by atoms with Crippen LogP contribution in [0.5, 0.6) is 11.5 Å². The van der Waals surface area contributed by atoms with Gasteiger partial charge in [-0.3, -0.25) is 19.3 Å². The van der Waals surface area contributed by atoms with E-state index in [9.17, 15) is 4.79 Å². The number of aliphatic imine (C=N–C) groups is 1. The molecule has 0 amide bonds. The van der Waals surface area contributed by atoms with E-state index in [0.29, 0.717) is 58.8 Å². The molecule has 0 fully saturated rings. The Morgan fingerprint density at radius 2 is 2.12 bits per heavy atom. The van der Waals surface area contributed by atoms with Gasteiger partial charge in [0.05, 0.1) is 22.6 Å². The fourth-order valence-corrected chi connectivity index (χ4v) is 3.68. The van der Waals surface area contributed by atoms with Gasteiger partial charge in [-0.15, -0.1) is 0 Å². The number of nitrogens with two attached hydrogens (primary N) is 1. The number of pyridine rings is 2. The smallest absolute Gasteiger partial charge is 0.264 e. The molecule has 2 N–H and O–H groups in total. The van der Waals surface area contributed by atoms with Crippen molar-refractivity contribution in [3.63, 3.8) is 0 Å². The van der Waals surface area contributed by atoms with Crippen LogP contribution in [0.1, 0.15) is 24.7 Å². The molecule has 0 unspecified atom stereocenters. The molecule has 0 bridgehead atoms. The summed E-state index contributed by atoms with van der Waals surface area (Å²) >= 11 is 0. The van der Waals surface area contributed by atoms with Crippen molar-refractivity contribution < 1.29 is 4.74 Å². The standard InChI is InChI=1S/C24H27N7O2/c1-4-26-14-17(13-25)21-12-18(8-9-27-21)33-22-7-6-20(29-16(22)2)19-15-28-24-30(3)10-5-11-31(24)23(19)32/h6-9,12-15H,4-5,10-11,25H2,1-3H3. The lowest BCUT2D eigenvalue weighted by Gasteiger charge is -2.27. The van der Waals surface area contributed by atoms with Crippen LogP contribution in [-0.2, 0) is 6.54 Å². The van der Waals surface area contributed by atoms with Gasteiger partial charge in [0.1, 0.15) is 11.5 Å². The maximum atomic E-state index is 13.0. The maximum Gasteiger partial charge on any atom is 0.264 e. The first-order chi connectivity index (χ1) is 16.0. The SMILES string of the molecule is CCN=CC(=CN)c1cc(Oc2ccc(-c3cnc4n(c3=O)CCCN4C)nc2C)ccn1. The lowest BCUT2D eigenvalue weighted by molar-refractivity contribution is 0.475. The fraction of sp³-hybridized carbons (Fsp3) is 0.292. The number of aromatic nitrogens is 4. The normalized spacial score (nSPS) is 13.9. The summed E-state index contributed by atoms with van der Waals surface area (Å²) in [7, 11) is 1.94. The number of aryl methyl sites for hydroxylation is 1. The monoisotopic (exact) mass is 445 g/mol. The summed E-state index contributed by atoms with van der Waals surface area (Å²) < 4.78 is 7.77. The van der Waals surface area contributed by atoms with Gasteiger partial charge in [0.15, 0.2) is 0 Å². The van der Waals surface area contributed by atoms with Gasteiger partial charge in [-0.05, 0) is 38.5 Å². The summed E-state index contributed by atoms with van der Waals surface area (Å²) in [6, 6.07) is 7.15. The van der Waals surface area contributed by atoms with E-state index in [1.807, 2.05) is 31.9 Å². The summed E-state index contributed by atoms with van der Waals surface area (Å²) in [5.74, 6) is 1.87. The van der Waals surface area contributed by atoms with Gasteiger partial charge in [-0.2, -0.15) is 0 Å². The quantitative estimate of drug-likeness (QED) is 0.581. The van der Waals surface area contributed by atoms with E-state index in [2.05, 4.69) is 19.9 Å².